The van der Waals surface area contributed by atoms with Crippen molar-refractivity contribution in [3.8, 4) is 28.2 Å². The summed E-state index contributed by atoms with van der Waals surface area (Å²) in [7, 11) is 1.94. The molecular weight excluding hydrogens is 430 g/mol. The Bertz CT molecular complexity index is 1550. The molecule has 3 aromatic carbocycles. The van der Waals surface area contributed by atoms with E-state index < -0.39 is 0 Å². The normalized spacial score (nSPS) is 11.2. The third kappa shape index (κ3) is 3.66. The highest BCUT2D eigenvalue weighted by Crippen LogP contribution is 2.31. The molecule has 33 heavy (non-hydrogen) atoms. The summed E-state index contributed by atoms with van der Waals surface area (Å²) in [5, 5.41) is 20.3. The van der Waals surface area contributed by atoms with E-state index in [9.17, 15) is 0 Å². The molecule has 0 radical (unpaired) electrons. The van der Waals surface area contributed by atoms with Gasteiger partial charge in [0, 0.05) is 28.9 Å². The molecule has 7 nitrogen and oxygen atoms in total. The van der Waals surface area contributed by atoms with E-state index in [0.29, 0.717) is 0 Å². The van der Waals surface area contributed by atoms with Crippen molar-refractivity contribution in [2.24, 2.45) is 7.05 Å². The zero-order valence-corrected chi connectivity index (χ0v) is 18.6. The predicted molar refractivity (Wildman–Crippen MR) is 132 cm³/mol. The van der Waals surface area contributed by atoms with E-state index in [1.165, 1.54) is 0 Å². The molecule has 1 N–H and O–H groups in total. The lowest BCUT2D eigenvalue weighted by molar-refractivity contribution is 0.797. The van der Waals surface area contributed by atoms with Crippen LogP contribution in [0.2, 0.25) is 0 Å². The Kier molecular flexibility index (Phi) is 4.70. The molecule has 0 bridgehead atoms. The summed E-state index contributed by atoms with van der Waals surface area (Å²) in [6.07, 6.45) is 3.81. The van der Waals surface area contributed by atoms with Gasteiger partial charge in [0.15, 0.2) is 5.13 Å². The molecular formula is C25H19N7S. The summed E-state index contributed by atoms with van der Waals surface area (Å²) < 4.78 is 3.65. The molecule has 0 saturated carbocycles. The standard InChI is InChI=1S/C25H19N7S/c1-31-24-9-5-8-21(20(24)14-26-31)27-25-28-23(16-33-25)18-10-12-19(13-11-18)32-15-22(29-30-32)17-6-3-2-4-7-17/h2-16H,1H3,(H,27,28). The van der Waals surface area contributed by atoms with Crippen LogP contribution >= 0.6 is 11.3 Å². The van der Waals surface area contributed by atoms with E-state index in [2.05, 4.69) is 44.3 Å². The van der Waals surface area contributed by atoms with Gasteiger partial charge in [0.1, 0.15) is 5.69 Å². The first-order chi connectivity index (χ1) is 16.2. The minimum Gasteiger partial charge on any atom is -0.331 e. The lowest BCUT2D eigenvalue weighted by Crippen LogP contribution is -1.94. The van der Waals surface area contributed by atoms with Crippen LogP contribution in [0.3, 0.4) is 0 Å². The van der Waals surface area contributed by atoms with Gasteiger partial charge in [-0.2, -0.15) is 5.10 Å². The van der Waals surface area contributed by atoms with Gasteiger partial charge in [0.05, 0.1) is 35.0 Å². The van der Waals surface area contributed by atoms with E-state index in [1.807, 2.05) is 78.7 Å². The van der Waals surface area contributed by atoms with Crippen LogP contribution in [-0.4, -0.2) is 29.8 Å². The summed E-state index contributed by atoms with van der Waals surface area (Å²) in [4.78, 5) is 4.78. The van der Waals surface area contributed by atoms with Crippen LogP contribution in [0.5, 0.6) is 0 Å². The molecule has 0 fully saturated rings. The van der Waals surface area contributed by atoms with Crippen molar-refractivity contribution in [2.45, 2.75) is 0 Å². The zero-order chi connectivity index (χ0) is 22.2. The van der Waals surface area contributed by atoms with Crippen molar-refractivity contribution >= 4 is 33.1 Å². The first-order valence-electron chi connectivity index (χ1n) is 10.5. The summed E-state index contributed by atoms with van der Waals surface area (Å²) in [5.74, 6) is 0. The molecule has 0 atom stereocenters. The van der Waals surface area contributed by atoms with Crippen molar-refractivity contribution in [1.29, 1.82) is 0 Å². The summed E-state index contributed by atoms with van der Waals surface area (Å²) in [6, 6.07) is 24.3. The molecule has 3 heterocycles. The van der Waals surface area contributed by atoms with Gasteiger partial charge in [0.2, 0.25) is 0 Å². The molecule has 6 aromatic rings. The lowest BCUT2D eigenvalue weighted by atomic mass is 10.1. The van der Waals surface area contributed by atoms with Gasteiger partial charge in [0.25, 0.3) is 0 Å². The first-order valence-corrected chi connectivity index (χ1v) is 11.3. The Balaban J connectivity index is 1.22. The maximum atomic E-state index is 4.78. The fourth-order valence-corrected chi connectivity index (χ4v) is 4.51. The maximum Gasteiger partial charge on any atom is 0.187 e. The van der Waals surface area contributed by atoms with Gasteiger partial charge in [-0.15, -0.1) is 16.4 Å². The summed E-state index contributed by atoms with van der Waals surface area (Å²) >= 11 is 1.58. The number of thiazole rings is 1. The Morgan fingerprint density at radius 3 is 2.52 bits per heavy atom. The third-order valence-corrected chi connectivity index (χ3v) is 6.29. The number of fused-ring (bicyclic) bond motifs is 1. The second-order valence-electron chi connectivity index (χ2n) is 7.63. The van der Waals surface area contributed by atoms with E-state index in [-0.39, 0.29) is 0 Å². The van der Waals surface area contributed by atoms with E-state index >= 15 is 0 Å². The molecule has 8 heteroatoms. The van der Waals surface area contributed by atoms with Gasteiger partial charge in [-0.3, -0.25) is 4.68 Å². The fraction of sp³-hybridized carbons (Fsp3) is 0.0400. The SMILES string of the molecule is Cn1ncc2c(Nc3nc(-c4ccc(-n5cc(-c6ccccc6)nn5)cc4)cs3)cccc21. The average Bonchev–Trinajstić information content (AvgIpc) is 3.61. The number of hydrogen-bond acceptors (Lipinski definition) is 6. The quantitative estimate of drug-likeness (QED) is 0.366. The van der Waals surface area contributed by atoms with Crippen molar-refractivity contribution in [3.63, 3.8) is 0 Å². The molecule has 6 rings (SSSR count). The number of aryl methyl sites for hydroxylation is 1. The van der Waals surface area contributed by atoms with Gasteiger partial charge < -0.3 is 5.32 Å². The highest BCUT2D eigenvalue weighted by atomic mass is 32.1. The molecule has 160 valence electrons. The molecule has 0 aliphatic carbocycles. The Labute approximate surface area is 194 Å². The topological polar surface area (TPSA) is 73.5 Å². The number of nitrogens with one attached hydrogen (secondary N) is 1. The summed E-state index contributed by atoms with van der Waals surface area (Å²) in [6.45, 7) is 0. The number of nitrogens with zero attached hydrogens (tertiary/aromatic N) is 6. The molecule has 0 saturated heterocycles. The van der Waals surface area contributed by atoms with Crippen LogP contribution in [0, 0.1) is 0 Å². The van der Waals surface area contributed by atoms with Crippen LogP contribution in [0.25, 0.3) is 39.1 Å². The maximum absolute atomic E-state index is 4.78. The average molecular weight is 450 g/mol. The number of rotatable bonds is 5. The molecule has 3 aromatic heterocycles. The third-order valence-electron chi connectivity index (χ3n) is 5.53. The Hall–Kier alpha value is -4.30. The van der Waals surface area contributed by atoms with Crippen LogP contribution in [0.15, 0.2) is 90.6 Å². The predicted octanol–water partition coefficient (Wildman–Crippen LogP) is 5.69. The molecule has 0 aliphatic heterocycles. The number of hydrogen-bond donors (Lipinski definition) is 1. The number of anilines is 2. The molecule has 0 aliphatic rings. The van der Waals surface area contributed by atoms with Crippen molar-refractivity contribution < 1.29 is 0 Å². The van der Waals surface area contributed by atoms with Gasteiger partial charge >= 0.3 is 0 Å². The largest absolute Gasteiger partial charge is 0.331 e. The second-order valence-corrected chi connectivity index (χ2v) is 8.49. The van der Waals surface area contributed by atoms with Gasteiger partial charge in [-0.05, 0) is 24.3 Å². The van der Waals surface area contributed by atoms with E-state index in [4.69, 9.17) is 4.98 Å². The lowest BCUT2D eigenvalue weighted by Gasteiger charge is -2.04. The highest BCUT2D eigenvalue weighted by molar-refractivity contribution is 7.14. The first kappa shape index (κ1) is 19.4. The van der Waals surface area contributed by atoms with Crippen molar-refractivity contribution in [3.05, 3.63) is 90.6 Å². The van der Waals surface area contributed by atoms with Crippen LogP contribution in [-0.2, 0) is 7.05 Å². The van der Waals surface area contributed by atoms with E-state index in [1.54, 1.807) is 16.0 Å². The monoisotopic (exact) mass is 449 g/mol. The van der Waals surface area contributed by atoms with Gasteiger partial charge in [-0.1, -0.05) is 53.7 Å². The van der Waals surface area contributed by atoms with Crippen LogP contribution < -0.4 is 5.32 Å². The highest BCUT2D eigenvalue weighted by Gasteiger charge is 2.10. The second kappa shape index (κ2) is 7.99. The summed E-state index contributed by atoms with van der Waals surface area (Å²) in [5.41, 5.74) is 6.89. The Morgan fingerprint density at radius 2 is 1.67 bits per heavy atom. The zero-order valence-electron chi connectivity index (χ0n) is 17.8. The fourth-order valence-electron chi connectivity index (χ4n) is 3.78. The Morgan fingerprint density at radius 1 is 0.848 bits per heavy atom. The minimum atomic E-state index is 0.842. The van der Waals surface area contributed by atoms with Gasteiger partial charge in [-0.25, -0.2) is 9.67 Å². The smallest absolute Gasteiger partial charge is 0.187 e. The van der Waals surface area contributed by atoms with Crippen molar-refractivity contribution in [1.82, 2.24) is 29.8 Å². The van der Waals surface area contributed by atoms with E-state index in [0.717, 1.165) is 49.9 Å². The van der Waals surface area contributed by atoms with Crippen LogP contribution in [0.1, 0.15) is 0 Å². The molecule has 0 spiro atoms. The van der Waals surface area contributed by atoms with Crippen LogP contribution in [0.4, 0.5) is 10.8 Å². The molecule has 0 amide bonds. The molecule has 0 unspecified atom stereocenters. The van der Waals surface area contributed by atoms with Crippen molar-refractivity contribution in [2.75, 3.05) is 5.32 Å². The number of aromatic nitrogens is 6. The number of benzene rings is 3. The minimum absolute atomic E-state index is 0.842.